The summed E-state index contributed by atoms with van der Waals surface area (Å²) < 4.78 is 29.7. The van der Waals surface area contributed by atoms with Gasteiger partial charge in [-0.15, -0.1) is 0 Å². The number of nitrogens with zero attached hydrogens (tertiary/aromatic N) is 1. The summed E-state index contributed by atoms with van der Waals surface area (Å²) in [6, 6.07) is 7.43. The van der Waals surface area contributed by atoms with Crippen LogP contribution in [0.3, 0.4) is 0 Å². The number of piperidine rings is 1. The minimum atomic E-state index is -3.11. The van der Waals surface area contributed by atoms with Crippen LogP contribution in [0, 0.1) is 5.92 Å². The largest absolute Gasteiger partial charge is 0.497 e. The summed E-state index contributed by atoms with van der Waals surface area (Å²) in [5.41, 5.74) is 1.36. The number of carbonyl (C=O) groups is 1. The number of aromatic amines is 1. The number of nitrogens with one attached hydrogen (secondary N) is 2. The lowest BCUT2D eigenvalue weighted by atomic mass is 9.98. The molecule has 0 bridgehead atoms. The Kier molecular flexibility index (Phi) is 5.01. The summed E-state index contributed by atoms with van der Waals surface area (Å²) in [6.07, 6.45) is 2.76. The van der Waals surface area contributed by atoms with Crippen molar-refractivity contribution >= 4 is 26.8 Å². The Labute approximate surface area is 147 Å². The quantitative estimate of drug-likeness (QED) is 0.841. The highest BCUT2D eigenvalue weighted by molar-refractivity contribution is 7.88. The van der Waals surface area contributed by atoms with E-state index in [0.717, 1.165) is 29.5 Å². The molecule has 25 heavy (non-hydrogen) atoms. The lowest BCUT2D eigenvalue weighted by Crippen LogP contribution is -2.41. The lowest BCUT2D eigenvalue weighted by molar-refractivity contribution is 0.0937. The molecule has 0 aliphatic carbocycles. The molecule has 0 unspecified atom stereocenters. The number of H-pyrrole nitrogens is 1. The first kappa shape index (κ1) is 17.8. The third kappa shape index (κ3) is 4.13. The first-order valence-corrected chi connectivity index (χ1v) is 10.1. The zero-order valence-corrected chi connectivity index (χ0v) is 15.2. The first-order chi connectivity index (χ1) is 11.9. The van der Waals surface area contributed by atoms with Gasteiger partial charge < -0.3 is 15.0 Å². The Morgan fingerprint density at radius 1 is 1.32 bits per heavy atom. The number of rotatable bonds is 5. The molecule has 1 aromatic heterocycles. The SMILES string of the molecule is COc1ccc2cc(C(=O)NCC3CCN(S(C)(=O)=O)CC3)[nH]c2c1. The zero-order valence-electron chi connectivity index (χ0n) is 14.4. The van der Waals surface area contributed by atoms with Crippen molar-refractivity contribution in [3.8, 4) is 5.75 Å². The maximum Gasteiger partial charge on any atom is 0.267 e. The molecule has 1 saturated heterocycles. The van der Waals surface area contributed by atoms with Crippen LogP contribution in [0.25, 0.3) is 10.9 Å². The second kappa shape index (κ2) is 7.05. The number of carbonyl (C=O) groups excluding carboxylic acids is 1. The summed E-state index contributed by atoms with van der Waals surface area (Å²) in [6.45, 7) is 1.59. The molecule has 1 aromatic carbocycles. The van der Waals surface area contributed by atoms with Crippen molar-refractivity contribution in [3.05, 3.63) is 30.0 Å². The molecule has 2 N–H and O–H groups in total. The van der Waals surface area contributed by atoms with Gasteiger partial charge >= 0.3 is 0 Å². The third-order valence-corrected chi connectivity index (χ3v) is 5.97. The van der Waals surface area contributed by atoms with Crippen LogP contribution in [0.2, 0.25) is 0 Å². The molecule has 136 valence electrons. The smallest absolute Gasteiger partial charge is 0.267 e. The van der Waals surface area contributed by atoms with E-state index in [1.165, 1.54) is 10.6 Å². The van der Waals surface area contributed by atoms with Crippen molar-refractivity contribution < 1.29 is 17.9 Å². The van der Waals surface area contributed by atoms with E-state index in [4.69, 9.17) is 4.74 Å². The van der Waals surface area contributed by atoms with Gasteiger partial charge in [-0.05, 0) is 37.0 Å². The van der Waals surface area contributed by atoms with E-state index in [-0.39, 0.29) is 5.91 Å². The van der Waals surface area contributed by atoms with Crippen LogP contribution in [-0.2, 0) is 10.0 Å². The Bertz CT molecular complexity index is 867. The van der Waals surface area contributed by atoms with E-state index in [9.17, 15) is 13.2 Å². The van der Waals surface area contributed by atoms with E-state index in [2.05, 4.69) is 10.3 Å². The van der Waals surface area contributed by atoms with Gasteiger partial charge in [0.25, 0.3) is 5.91 Å². The van der Waals surface area contributed by atoms with Crippen molar-refractivity contribution in [1.82, 2.24) is 14.6 Å². The molecule has 0 radical (unpaired) electrons. The van der Waals surface area contributed by atoms with Gasteiger partial charge in [-0.2, -0.15) is 0 Å². The van der Waals surface area contributed by atoms with E-state index < -0.39 is 10.0 Å². The third-order valence-electron chi connectivity index (χ3n) is 4.67. The minimum absolute atomic E-state index is 0.152. The number of sulfonamides is 1. The molecule has 3 rings (SSSR count). The molecular formula is C17H23N3O4S. The van der Waals surface area contributed by atoms with Crippen molar-refractivity contribution in [3.63, 3.8) is 0 Å². The highest BCUT2D eigenvalue weighted by Crippen LogP contribution is 2.22. The Hall–Kier alpha value is -2.06. The van der Waals surface area contributed by atoms with Crippen molar-refractivity contribution in [2.45, 2.75) is 12.8 Å². The van der Waals surface area contributed by atoms with Gasteiger partial charge in [0, 0.05) is 36.6 Å². The van der Waals surface area contributed by atoms with Crippen LogP contribution in [0.4, 0.5) is 0 Å². The van der Waals surface area contributed by atoms with Crippen molar-refractivity contribution in [1.29, 1.82) is 0 Å². The van der Waals surface area contributed by atoms with Crippen LogP contribution in [0.5, 0.6) is 5.75 Å². The van der Waals surface area contributed by atoms with Gasteiger partial charge in [0.15, 0.2) is 0 Å². The standard InChI is InChI=1S/C17H23N3O4S/c1-24-14-4-3-13-9-16(19-15(13)10-14)17(21)18-11-12-5-7-20(8-6-12)25(2,22)23/h3-4,9-10,12,19H,5-8,11H2,1-2H3,(H,18,21). The zero-order chi connectivity index (χ0) is 18.0. The number of hydrogen-bond donors (Lipinski definition) is 2. The molecule has 0 spiro atoms. The predicted octanol–water partition coefficient (Wildman–Crippen LogP) is 1.58. The molecule has 8 heteroatoms. The first-order valence-electron chi connectivity index (χ1n) is 8.27. The number of methoxy groups -OCH3 is 1. The second-order valence-corrected chi connectivity index (χ2v) is 8.43. The van der Waals surface area contributed by atoms with Crippen LogP contribution < -0.4 is 10.1 Å². The van der Waals surface area contributed by atoms with E-state index in [0.29, 0.717) is 31.2 Å². The number of amides is 1. The number of benzene rings is 1. The van der Waals surface area contributed by atoms with Gasteiger partial charge in [-0.1, -0.05) is 0 Å². The maximum atomic E-state index is 12.4. The molecular weight excluding hydrogens is 342 g/mol. The molecule has 1 amide bonds. The Balaban J connectivity index is 1.56. The fourth-order valence-corrected chi connectivity index (χ4v) is 4.01. The van der Waals surface area contributed by atoms with Crippen molar-refractivity contribution in [2.24, 2.45) is 5.92 Å². The topological polar surface area (TPSA) is 91.5 Å². The summed E-state index contributed by atoms with van der Waals surface area (Å²) in [7, 11) is -1.51. The molecule has 2 aromatic rings. The second-order valence-electron chi connectivity index (χ2n) is 6.45. The molecule has 7 nitrogen and oxygen atoms in total. The van der Waals surface area contributed by atoms with Crippen LogP contribution in [-0.4, -0.2) is 56.6 Å². The minimum Gasteiger partial charge on any atom is -0.497 e. The molecule has 1 fully saturated rings. The monoisotopic (exact) mass is 365 g/mol. The molecule has 1 aliphatic rings. The summed E-state index contributed by atoms with van der Waals surface area (Å²) >= 11 is 0. The molecule has 0 atom stereocenters. The number of aromatic nitrogens is 1. The number of hydrogen-bond acceptors (Lipinski definition) is 4. The number of fused-ring (bicyclic) bond motifs is 1. The summed E-state index contributed by atoms with van der Waals surface area (Å²) in [4.78, 5) is 15.5. The average molecular weight is 365 g/mol. The van der Waals surface area contributed by atoms with E-state index >= 15 is 0 Å². The number of ether oxygens (including phenoxy) is 1. The maximum absolute atomic E-state index is 12.4. The van der Waals surface area contributed by atoms with Gasteiger partial charge in [0.05, 0.1) is 13.4 Å². The highest BCUT2D eigenvalue weighted by Gasteiger charge is 2.25. The molecule has 2 heterocycles. The van der Waals surface area contributed by atoms with Gasteiger partial charge in [0.2, 0.25) is 10.0 Å². The fraction of sp³-hybridized carbons (Fsp3) is 0.471. The van der Waals surface area contributed by atoms with E-state index in [1.54, 1.807) is 7.11 Å². The summed E-state index contributed by atoms with van der Waals surface area (Å²) in [5, 5.41) is 3.89. The van der Waals surface area contributed by atoms with Crippen LogP contribution >= 0.6 is 0 Å². The average Bonchev–Trinajstić information content (AvgIpc) is 3.02. The Morgan fingerprint density at radius 2 is 2.04 bits per heavy atom. The van der Waals surface area contributed by atoms with Gasteiger partial charge in [-0.25, -0.2) is 12.7 Å². The predicted molar refractivity (Wildman–Crippen MR) is 96.3 cm³/mol. The van der Waals surface area contributed by atoms with Gasteiger partial charge in [0.1, 0.15) is 11.4 Å². The van der Waals surface area contributed by atoms with Crippen LogP contribution in [0.15, 0.2) is 24.3 Å². The summed E-state index contributed by atoms with van der Waals surface area (Å²) in [5.74, 6) is 0.881. The van der Waals surface area contributed by atoms with Crippen LogP contribution in [0.1, 0.15) is 23.3 Å². The lowest BCUT2D eigenvalue weighted by Gasteiger charge is -2.30. The van der Waals surface area contributed by atoms with E-state index in [1.807, 2.05) is 24.3 Å². The normalized spacial score (nSPS) is 16.9. The molecule has 0 saturated carbocycles. The van der Waals surface area contributed by atoms with Gasteiger partial charge in [-0.3, -0.25) is 4.79 Å². The van der Waals surface area contributed by atoms with Crippen molar-refractivity contribution in [2.75, 3.05) is 33.0 Å². The molecule has 1 aliphatic heterocycles. The highest BCUT2D eigenvalue weighted by atomic mass is 32.2. The fourth-order valence-electron chi connectivity index (χ4n) is 3.13. The Morgan fingerprint density at radius 3 is 2.68 bits per heavy atom.